The van der Waals surface area contributed by atoms with Crippen LogP contribution in [0.25, 0.3) is 10.9 Å². The number of carbonyl (C=O) groups excluding carboxylic acids is 1. The Morgan fingerprint density at radius 3 is 2.54 bits per heavy atom. The molecule has 2 saturated heterocycles. The lowest BCUT2D eigenvalue weighted by atomic mass is 9.88. The highest BCUT2D eigenvalue weighted by atomic mass is 16.2. The van der Waals surface area contributed by atoms with Gasteiger partial charge in [-0.2, -0.15) is 5.10 Å². The van der Waals surface area contributed by atoms with Crippen LogP contribution in [0.3, 0.4) is 0 Å². The smallest absolute Gasteiger partial charge is 0.272 e. The van der Waals surface area contributed by atoms with E-state index < -0.39 is 0 Å². The number of nitrogens with one attached hydrogen (secondary N) is 1. The van der Waals surface area contributed by atoms with Crippen LogP contribution in [0.15, 0.2) is 24.3 Å². The van der Waals surface area contributed by atoms with Gasteiger partial charge >= 0.3 is 0 Å². The number of aromatic nitrogens is 2. The van der Waals surface area contributed by atoms with Crippen LogP contribution in [0.4, 0.5) is 0 Å². The number of amides is 1. The second kappa shape index (κ2) is 7.81. The van der Waals surface area contributed by atoms with Crippen LogP contribution >= 0.6 is 0 Å². The van der Waals surface area contributed by atoms with Gasteiger partial charge in [0, 0.05) is 43.1 Å². The number of hydrogen-bond donors (Lipinski definition) is 1. The molecule has 28 heavy (non-hydrogen) atoms. The summed E-state index contributed by atoms with van der Waals surface area (Å²) in [7, 11) is 8.51. The first-order valence-electron chi connectivity index (χ1n) is 10.2. The van der Waals surface area contributed by atoms with Crippen molar-refractivity contribution in [2.24, 2.45) is 0 Å². The topological polar surface area (TPSA) is 56.6 Å². The number of likely N-dealkylation sites (tertiary alicyclic amines) is 1. The van der Waals surface area contributed by atoms with Gasteiger partial charge < -0.3 is 15.1 Å². The quantitative estimate of drug-likeness (QED) is 0.837. The van der Waals surface area contributed by atoms with Crippen LogP contribution in [-0.2, 0) is 6.54 Å². The molecule has 1 aromatic carbocycles. The van der Waals surface area contributed by atoms with E-state index in [4.69, 9.17) is 0 Å². The van der Waals surface area contributed by atoms with Crippen molar-refractivity contribution in [2.75, 3.05) is 47.8 Å². The molecule has 0 saturated carbocycles. The molecule has 2 bridgehead atoms. The minimum Gasteiger partial charge on any atom is -0.348 e. The van der Waals surface area contributed by atoms with Crippen molar-refractivity contribution in [3.63, 3.8) is 0 Å². The van der Waals surface area contributed by atoms with Crippen molar-refractivity contribution < 1.29 is 4.79 Å². The van der Waals surface area contributed by atoms with Crippen molar-refractivity contribution in [1.29, 1.82) is 0 Å². The standard InChI is InChI=1S/C21H32N6O/c1-24(2)9-10-27-19-8-6-5-7-18(19)20(23-27)21(28)22-15-11-16-13-25(3)14-17(12-15)26(16)4/h5-8,15-17H,9-14H2,1-4H3,(H,22,28)/t15?,16-,17+. The number of piperazine rings is 1. The van der Waals surface area contributed by atoms with Crippen LogP contribution in [0, 0.1) is 0 Å². The normalized spacial score (nSPS) is 26.1. The molecule has 3 heterocycles. The first kappa shape index (κ1) is 19.4. The van der Waals surface area contributed by atoms with Crippen molar-refractivity contribution in [2.45, 2.75) is 37.5 Å². The van der Waals surface area contributed by atoms with Gasteiger partial charge in [-0.05, 0) is 47.1 Å². The summed E-state index contributed by atoms with van der Waals surface area (Å²) >= 11 is 0. The van der Waals surface area contributed by atoms with E-state index in [-0.39, 0.29) is 11.9 Å². The Morgan fingerprint density at radius 2 is 1.86 bits per heavy atom. The number of carbonyl (C=O) groups is 1. The molecule has 1 amide bonds. The van der Waals surface area contributed by atoms with E-state index in [1.165, 1.54) is 0 Å². The molecule has 2 aliphatic rings. The maximum Gasteiger partial charge on any atom is 0.272 e. The second-order valence-corrected chi connectivity index (χ2v) is 8.73. The number of fused-ring (bicyclic) bond motifs is 3. The lowest BCUT2D eigenvalue weighted by Gasteiger charge is -2.50. The fraction of sp³-hybridized carbons (Fsp3) is 0.619. The molecule has 7 heteroatoms. The van der Waals surface area contributed by atoms with Gasteiger partial charge in [0.15, 0.2) is 5.69 Å². The van der Waals surface area contributed by atoms with Gasteiger partial charge in [0.2, 0.25) is 0 Å². The Labute approximate surface area is 167 Å². The molecular formula is C21H32N6O. The summed E-state index contributed by atoms with van der Waals surface area (Å²) in [4.78, 5) is 20.2. The van der Waals surface area contributed by atoms with Crippen molar-refractivity contribution >= 4 is 16.8 Å². The highest BCUT2D eigenvalue weighted by Crippen LogP contribution is 2.27. The molecule has 2 aliphatic heterocycles. The van der Waals surface area contributed by atoms with E-state index in [9.17, 15) is 4.79 Å². The lowest BCUT2D eigenvalue weighted by Crippen LogP contribution is -2.63. The summed E-state index contributed by atoms with van der Waals surface area (Å²) in [6.07, 6.45) is 2.00. The largest absolute Gasteiger partial charge is 0.348 e. The van der Waals surface area contributed by atoms with E-state index >= 15 is 0 Å². The molecule has 0 aliphatic carbocycles. The summed E-state index contributed by atoms with van der Waals surface area (Å²) in [5.74, 6) is -0.0409. The molecule has 3 atom stereocenters. The number of rotatable bonds is 5. The first-order chi connectivity index (χ1) is 13.4. The summed E-state index contributed by atoms with van der Waals surface area (Å²) in [5, 5.41) is 8.92. The molecule has 2 fully saturated rings. The fourth-order valence-corrected chi connectivity index (χ4v) is 4.72. The Kier molecular flexibility index (Phi) is 5.40. The maximum absolute atomic E-state index is 13.1. The number of nitrogens with zero attached hydrogens (tertiary/aromatic N) is 5. The molecule has 0 spiro atoms. The monoisotopic (exact) mass is 384 g/mol. The third-order valence-corrected chi connectivity index (χ3v) is 6.28. The molecule has 7 nitrogen and oxygen atoms in total. The SMILES string of the molecule is CN(C)CCn1nc(C(=O)NC2C[C@@H]3CN(C)C[C@H](C2)N3C)c2ccccc21. The third-order valence-electron chi connectivity index (χ3n) is 6.28. The fourth-order valence-electron chi connectivity index (χ4n) is 4.72. The number of para-hydroxylation sites is 1. The van der Waals surface area contributed by atoms with E-state index in [1.807, 2.05) is 43.0 Å². The van der Waals surface area contributed by atoms with E-state index in [2.05, 4.69) is 39.2 Å². The first-order valence-corrected chi connectivity index (χ1v) is 10.2. The molecule has 1 aromatic heterocycles. The van der Waals surface area contributed by atoms with Crippen molar-refractivity contribution in [3.05, 3.63) is 30.0 Å². The molecule has 1 unspecified atom stereocenters. The molecule has 2 aromatic rings. The summed E-state index contributed by atoms with van der Waals surface area (Å²) in [6, 6.07) is 9.28. The Balaban J connectivity index is 1.51. The average Bonchev–Trinajstić information content (AvgIpc) is 3.01. The number of piperidine rings is 1. The molecule has 152 valence electrons. The summed E-state index contributed by atoms with van der Waals surface area (Å²) in [6.45, 7) is 3.80. The van der Waals surface area contributed by atoms with E-state index in [0.717, 1.165) is 49.9 Å². The van der Waals surface area contributed by atoms with Crippen LogP contribution in [0.5, 0.6) is 0 Å². The van der Waals surface area contributed by atoms with Gasteiger partial charge in [-0.1, -0.05) is 18.2 Å². The highest BCUT2D eigenvalue weighted by Gasteiger charge is 2.38. The van der Waals surface area contributed by atoms with Crippen LogP contribution in [0.2, 0.25) is 0 Å². The molecule has 4 rings (SSSR count). The Hall–Kier alpha value is -1.96. The summed E-state index contributed by atoms with van der Waals surface area (Å²) < 4.78 is 1.96. The highest BCUT2D eigenvalue weighted by molar-refractivity contribution is 6.05. The van der Waals surface area contributed by atoms with Crippen molar-refractivity contribution in [1.82, 2.24) is 29.8 Å². The molecular weight excluding hydrogens is 352 g/mol. The second-order valence-electron chi connectivity index (χ2n) is 8.73. The zero-order chi connectivity index (χ0) is 19.8. The minimum absolute atomic E-state index is 0.0409. The predicted octanol–water partition coefficient (Wildman–Crippen LogP) is 1.10. The Bertz CT molecular complexity index is 831. The van der Waals surface area contributed by atoms with Gasteiger partial charge in [0.1, 0.15) is 0 Å². The van der Waals surface area contributed by atoms with Crippen LogP contribution in [0.1, 0.15) is 23.3 Å². The molecule has 0 radical (unpaired) electrons. The average molecular weight is 385 g/mol. The van der Waals surface area contributed by atoms with Crippen molar-refractivity contribution in [3.8, 4) is 0 Å². The summed E-state index contributed by atoms with van der Waals surface area (Å²) in [5.41, 5.74) is 1.58. The van der Waals surface area contributed by atoms with E-state index in [0.29, 0.717) is 17.8 Å². The van der Waals surface area contributed by atoms with Gasteiger partial charge in [0.25, 0.3) is 5.91 Å². The maximum atomic E-state index is 13.1. The predicted molar refractivity (Wildman–Crippen MR) is 112 cm³/mol. The Morgan fingerprint density at radius 1 is 1.18 bits per heavy atom. The number of benzene rings is 1. The number of hydrogen-bond acceptors (Lipinski definition) is 5. The van der Waals surface area contributed by atoms with Gasteiger partial charge in [0.05, 0.1) is 12.1 Å². The van der Waals surface area contributed by atoms with E-state index in [1.54, 1.807) is 0 Å². The van der Waals surface area contributed by atoms with Gasteiger partial charge in [-0.15, -0.1) is 0 Å². The lowest BCUT2D eigenvalue weighted by molar-refractivity contribution is 0.00837. The van der Waals surface area contributed by atoms with Gasteiger partial charge in [-0.25, -0.2) is 0 Å². The van der Waals surface area contributed by atoms with Crippen LogP contribution < -0.4 is 5.32 Å². The zero-order valence-electron chi connectivity index (χ0n) is 17.4. The zero-order valence-corrected chi connectivity index (χ0v) is 17.4. The minimum atomic E-state index is -0.0409. The molecule has 1 N–H and O–H groups in total. The van der Waals surface area contributed by atoms with Gasteiger partial charge in [-0.3, -0.25) is 14.4 Å². The van der Waals surface area contributed by atoms with Crippen LogP contribution in [-0.4, -0.2) is 96.3 Å². The number of likely N-dealkylation sites (N-methyl/N-ethyl adjacent to an activating group) is 3. The third kappa shape index (κ3) is 3.79.